The first-order valence-corrected chi connectivity index (χ1v) is 10.3. The Morgan fingerprint density at radius 2 is 1.84 bits per heavy atom. The molecule has 1 heterocycles. The second-order valence-corrected chi connectivity index (χ2v) is 7.99. The van der Waals surface area contributed by atoms with Crippen molar-refractivity contribution in [2.45, 2.75) is 56.8 Å². The van der Waals surface area contributed by atoms with Gasteiger partial charge in [-0.3, -0.25) is 19.8 Å². The average molecular weight is 441 g/mol. The largest absolute Gasteiger partial charge is 0.497 e. The molecule has 1 unspecified atom stereocenters. The third-order valence-electron chi connectivity index (χ3n) is 5.82. The maximum atomic E-state index is 13.9. The van der Waals surface area contributed by atoms with Gasteiger partial charge in [0.1, 0.15) is 5.75 Å². The van der Waals surface area contributed by atoms with Crippen LogP contribution in [-0.2, 0) is 16.0 Å². The molecule has 10 heteroatoms. The summed E-state index contributed by atoms with van der Waals surface area (Å²) in [6, 6.07) is 5.60. The Balaban J connectivity index is 1.69. The first-order chi connectivity index (χ1) is 14.7. The van der Waals surface area contributed by atoms with E-state index in [4.69, 9.17) is 4.74 Å². The molecule has 1 atom stereocenters. The van der Waals surface area contributed by atoms with E-state index in [-0.39, 0.29) is 25.3 Å². The fourth-order valence-corrected chi connectivity index (χ4v) is 4.04. The molecule has 170 valence electrons. The number of aryl methyl sites for hydroxylation is 1. The van der Waals surface area contributed by atoms with Gasteiger partial charge in [0, 0.05) is 13.0 Å². The molecule has 2 N–H and O–H groups in total. The van der Waals surface area contributed by atoms with Crippen LogP contribution in [0.25, 0.3) is 0 Å². The smallest absolute Gasteiger partial charge is 0.440 e. The van der Waals surface area contributed by atoms with Gasteiger partial charge in [0.25, 0.3) is 11.6 Å². The number of alkyl halides is 3. The Morgan fingerprint density at radius 3 is 2.42 bits per heavy atom. The lowest BCUT2D eigenvalue weighted by molar-refractivity contribution is -0.204. The third-order valence-corrected chi connectivity index (χ3v) is 5.82. The zero-order valence-corrected chi connectivity index (χ0v) is 17.3. The first-order valence-electron chi connectivity index (χ1n) is 10.3. The number of carbonyl (C=O) groups excluding carboxylic acids is 3. The minimum absolute atomic E-state index is 0.0294. The van der Waals surface area contributed by atoms with Crippen LogP contribution in [0.3, 0.4) is 0 Å². The number of benzene rings is 1. The summed E-state index contributed by atoms with van der Waals surface area (Å²) in [4.78, 5) is 37.9. The molecular weight excluding hydrogens is 415 g/mol. The van der Waals surface area contributed by atoms with Gasteiger partial charge in [-0.25, -0.2) is 4.79 Å². The summed E-state index contributed by atoms with van der Waals surface area (Å²) < 4.78 is 46.8. The minimum Gasteiger partial charge on any atom is -0.497 e. The van der Waals surface area contributed by atoms with Crippen LogP contribution < -0.4 is 15.4 Å². The van der Waals surface area contributed by atoms with E-state index < -0.39 is 29.7 Å². The van der Waals surface area contributed by atoms with Crippen molar-refractivity contribution in [1.82, 2.24) is 15.5 Å². The van der Waals surface area contributed by atoms with Gasteiger partial charge in [-0.15, -0.1) is 0 Å². The Hall–Kier alpha value is -2.78. The van der Waals surface area contributed by atoms with Crippen molar-refractivity contribution in [1.29, 1.82) is 0 Å². The maximum absolute atomic E-state index is 13.9. The molecule has 31 heavy (non-hydrogen) atoms. The minimum atomic E-state index is -5.18. The Morgan fingerprint density at radius 1 is 1.19 bits per heavy atom. The number of urea groups is 1. The molecule has 0 spiro atoms. The van der Waals surface area contributed by atoms with Crippen LogP contribution in [0.5, 0.6) is 5.75 Å². The van der Waals surface area contributed by atoms with Crippen molar-refractivity contribution in [3.05, 3.63) is 29.8 Å². The standard InChI is InChI=1S/C21H26F3N3O4/c1-31-16-10-7-14(8-11-16)9-12-17(28)25-20(21(22,23)24)18(29)27(19(30)26-20)13-15-5-3-2-4-6-15/h7-8,10-11,15H,2-6,9,12-13H2,1H3,(H,25,28)(H,26,30). The zero-order valence-electron chi connectivity index (χ0n) is 17.3. The Kier molecular flexibility index (Phi) is 6.76. The lowest BCUT2D eigenvalue weighted by Gasteiger charge is -2.30. The fourth-order valence-electron chi connectivity index (χ4n) is 4.04. The number of ether oxygens (including phenoxy) is 1. The summed E-state index contributed by atoms with van der Waals surface area (Å²) in [7, 11) is 1.50. The number of hydrogen-bond acceptors (Lipinski definition) is 4. The molecule has 0 radical (unpaired) electrons. The number of halogens is 3. The molecule has 0 aromatic heterocycles. The van der Waals surface area contributed by atoms with Crippen LogP contribution >= 0.6 is 0 Å². The van der Waals surface area contributed by atoms with E-state index in [9.17, 15) is 27.6 Å². The number of methoxy groups -OCH3 is 1. The normalized spacial score (nSPS) is 22.4. The number of carbonyl (C=O) groups is 3. The highest BCUT2D eigenvalue weighted by atomic mass is 19.4. The van der Waals surface area contributed by atoms with Crippen LogP contribution in [0.2, 0.25) is 0 Å². The van der Waals surface area contributed by atoms with Gasteiger partial charge >= 0.3 is 12.2 Å². The predicted molar refractivity (Wildman–Crippen MR) is 105 cm³/mol. The van der Waals surface area contributed by atoms with Crippen molar-refractivity contribution in [2.75, 3.05) is 13.7 Å². The van der Waals surface area contributed by atoms with E-state index in [1.54, 1.807) is 34.9 Å². The van der Waals surface area contributed by atoms with Crippen molar-refractivity contribution in [3.8, 4) is 5.75 Å². The molecule has 4 amide bonds. The molecule has 3 rings (SSSR count). The molecule has 1 saturated carbocycles. The van der Waals surface area contributed by atoms with Crippen molar-refractivity contribution >= 4 is 17.8 Å². The molecule has 1 aliphatic carbocycles. The van der Waals surface area contributed by atoms with E-state index in [0.717, 1.165) is 37.7 Å². The van der Waals surface area contributed by atoms with E-state index in [0.29, 0.717) is 10.6 Å². The van der Waals surface area contributed by atoms with Gasteiger partial charge in [-0.05, 0) is 42.9 Å². The highest BCUT2D eigenvalue weighted by Crippen LogP contribution is 2.35. The lowest BCUT2D eigenvalue weighted by atomic mass is 9.89. The van der Waals surface area contributed by atoms with Crippen molar-refractivity contribution < 1.29 is 32.3 Å². The fraction of sp³-hybridized carbons (Fsp3) is 0.571. The quantitative estimate of drug-likeness (QED) is 0.637. The Bertz CT molecular complexity index is 822. The molecule has 1 aromatic rings. The first kappa shape index (κ1) is 22.9. The summed E-state index contributed by atoms with van der Waals surface area (Å²) in [5, 5.41) is 3.47. The van der Waals surface area contributed by atoms with Crippen LogP contribution in [0.4, 0.5) is 18.0 Å². The van der Waals surface area contributed by atoms with Gasteiger partial charge in [-0.1, -0.05) is 31.4 Å². The highest BCUT2D eigenvalue weighted by Gasteiger charge is 2.68. The topological polar surface area (TPSA) is 87.7 Å². The van der Waals surface area contributed by atoms with Crippen LogP contribution in [0.15, 0.2) is 24.3 Å². The molecule has 1 aliphatic heterocycles. The molecule has 1 saturated heterocycles. The maximum Gasteiger partial charge on any atom is 0.440 e. The predicted octanol–water partition coefficient (Wildman–Crippen LogP) is 3.13. The van der Waals surface area contributed by atoms with Crippen LogP contribution in [0, 0.1) is 5.92 Å². The van der Waals surface area contributed by atoms with Gasteiger partial charge in [0.05, 0.1) is 7.11 Å². The van der Waals surface area contributed by atoms with Gasteiger partial charge in [-0.2, -0.15) is 13.2 Å². The van der Waals surface area contributed by atoms with Crippen LogP contribution in [0.1, 0.15) is 44.1 Å². The number of nitrogens with zero attached hydrogens (tertiary/aromatic N) is 1. The van der Waals surface area contributed by atoms with Crippen molar-refractivity contribution in [3.63, 3.8) is 0 Å². The van der Waals surface area contributed by atoms with E-state index >= 15 is 0 Å². The summed E-state index contributed by atoms with van der Waals surface area (Å²) in [6.07, 6.45) is -0.923. The number of amides is 4. The Labute approximate surface area is 178 Å². The van der Waals surface area contributed by atoms with Crippen LogP contribution in [-0.4, -0.2) is 48.2 Å². The summed E-state index contributed by atoms with van der Waals surface area (Å²) in [6.45, 7) is -0.0792. The van der Waals surface area contributed by atoms with E-state index in [1.807, 2.05) is 0 Å². The highest BCUT2D eigenvalue weighted by molar-refractivity contribution is 6.08. The zero-order chi connectivity index (χ0) is 22.6. The summed E-state index contributed by atoms with van der Waals surface area (Å²) in [5.41, 5.74) is -2.71. The average Bonchev–Trinajstić information content (AvgIpc) is 2.98. The lowest BCUT2D eigenvalue weighted by Crippen LogP contribution is -2.69. The summed E-state index contributed by atoms with van der Waals surface area (Å²) >= 11 is 0. The number of rotatable bonds is 7. The number of imide groups is 1. The van der Waals surface area contributed by atoms with Crippen molar-refractivity contribution in [2.24, 2.45) is 5.92 Å². The second kappa shape index (κ2) is 9.15. The number of nitrogens with one attached hydrogen (secondary N) is 2. The third kappa shape index (κ3) is 4.94. The SMILES string of the molecule is COc1ccc(CCC(=O)NC2(C(F)(F)F)NC(=O)N(CC3CCCCC3)C2=O)cc1. The number of hydrogen-bond donors (Lipinski definition) is 2. The summed E-state index contributed by atoms with van der Waals surface area (Å²) in [5.74, 6) is -1.88. The van der Waals surface area contributed by atoms with Gasteiger partial charge < -0.3 is 10.1 Å². The molecule has 7 nitrogen and oxygen atoms in total. The molecule has 2 fully saturated rings. The molecular formula is C21H26F3N3O4. The van der Waals surface area contributed by atoms with E-state index in [2.05, 4.69) is 0 Å². The van der Waals surface area contributed by atoms with Gasteiger partial charge in [0.2, 0.25) is 5.91 Å². The second-order valence-electron chi connectivity index (χ2n) is 7.99. The monoisotopic (exact) mass is 441 g/mol. The van der Waals surface area contributed by atoms with E-state index in [1.165, 1.54) is 7.11 Å². The van der Waals surface area contributed by atoms with Gasteiger partial charge in [0.15, 0.2) is 0 Å². The molecule has 1 aromatic carbocycles. The molecule has 0 bridgehead atoms. The molecule has 2 aliphatic rings.